The first-order valence-electron chi connectivity index (χ1n) is 5.20. The molecule has 0 N–H and O–H groups in total. The summed E-state index contributed by atoms with van der Waals surface area (Å²) >= 11 is 1.74. The van der Waals surface area contributed by atoms with Crippen LogP contribution in [0.3, 0.4) is 0 Å². The molecular weight excluding hydrogens is 192 g/mol. The number of thiazole rings is 1. The minimum Gasteiger partial charge on any atom is -0.294 e. The summed E-state index contributed by atoms with van der Waals surface area (Å²) in [4.78, 5) is 5.86. The molecule has 0 bridgehead atoms. The Morgan fingerprint density at radius 2 is 2.36 bits per heavy atom. The SMILES string of the molecule is CC1Cc2nc3sccn3c2C(C)C1. The standard InChI is InChI=1S/C11H14N2S/c1-7-5-8(2)10-9(6-7)12-11-13(10)3-4-14-11/h3-4,7-8H,5-6H2,1-2H3. The highest BCUT2D eigenvalue weighted by Gasteiger charge is 2.26. The molecule has 2 aromatic rings. The quantitative estimate of drug-likeness (QED) is 0.647. The second kappa shape index (κ2) is 2.83. The Morgan fingerprint density at radius 3 is 3.21 bits per heavy atom. The molecule has 0 fully saturated rings. The molecule has 3 heteroatoms. The van der Waals surface area contributed by atoms with Gasteiger partial charge in [0.2, 0.25) is 0 Å². The van der Waals surface area contributed by atoms with Crippen molar-refractivity contribution in [1.29, 1.82) is 0 Å². The number of fused-ring (bicyclic) bond motifs is 3. The monoisotopic (exact) mass is 206 g/mol. The summed E-state index contributed by atoms with van der Waals surface area (Å²) < 4.78 is 2.27. The summed E-state index contributed by atoms with van der Waals surface area (Å²) in [7, 11) is 0. The van der Waals surface area contributed by atoms with Crippen molar-refractivity contribution >= 4 is 16.3 Å². The van der Waals surface area contributed by atoms with Gasteiger partial charge in [0.15, 0.2) is 4.96 Å². The Balaban J connectivity index is 2.25. The summed E-state index contributed by atoms with van der Waals surface area (Å²) in [6, 6.07) is 0. The maximum atomic E-state index is 4.70. The van der Waals surface area contributed by atoms with Crippen LogP contribution in [-0.4, -0.2) is 9.38 Å². The molecule has 1 aliphatic rings. The summed E-state index contributed by atoms with van der Waals surface area (Å²) in [6.07, 6.45) is 4.61. The predicted molar refractivity (Wildman–Crippen MR) is 59.0 cm³/mol. The van der Waals surface area contributed by atoms with Crippen molar-refractivity contribution in [3.8, 4) is 0 Å². The summed E-state index contributed by atoms with van der Waals surface area (Å²) in [5.74, 6) is 1.46. The fourth-order valence-corrected chi connectivity index (χ4v) is 3.39. The first-order valence-corrected chi connectivity index (χ1v) is 6.08. The Hall–Kier alpha value is -0.830. The molecule has 2 nitrogen and oxygen atoms in total. The zero-order chi connectivity index (χ0) is 9.71. The van der Waals surface area contributed by atoms with Gasteiger partial charge in [-0.2, -0.15) is 0 Å². The van der Waals surface area contributed by atoms with Gasteiger partial charge in [-0.15, -0.1) is 11.3 Å². The van der Waals surface area contributed by atoms with Gasteiger partial charge in [-0.25, -0.2) is 4.98 Å². The average molecular weight is 206 g/mol. The molecule has 1 aliphatic carbocycles. The van der Waals surface area contributed by atoms with Gasteiger partial charge in [0.05, 0.1) is 5.69 Å². The first kappa shape index (κ1) is 8.48. The maximum absolute atomic E-state index is 4.70. The van der Waals surface area contributed by atoms with Crippen LogP contribution < -0.4 is 0 Å². The van der Waals surface area contributed by atoms with Crippen LogP contribution in [-0.2, 0) is 6.42 Å². The van der Waals surface area contributed by atoms with E-state index in [0.29, 0.717) is 5.92 Å². The van der Waals surface area contributed by atoms with Crippen LogP contribution in [0.15, 0.2) is 11.6 Å². The molecule has 0 aliphatic heterocycles. The fraction of sp³-hybridized carbons (Fsp3) is 0.545. The fourth-order valence-electron chi connectivity index (χ4n) is 2.65. The average Bonchev–Trinajstić information content (AvgIpc) is 2.60. The van der Waals surface area contributed by atoms with Crippen LogP contribution in [0.5, 0.6) is 0 Å². The van der Waals surface area contributed by atoms with E-state index in [2.05, 4.69) is 29.8 Å². The maximum Gasteiger partial charge on any atom is 0.194 e. The molecule has 0 saturated carbocycles. The predicted octanol–water partition coefficient (Wildman–Crippen LogP) is 3.08. The van der Waals surface area contributed by atoms with Gasteiger partial charge in [-0.05, 0) is 24.7 Å². The first-order chi connectivity index (χ1) is 6.75. The number of nitrogens with zero attached hydrogens (tertiary/aromatic N) is 2. The van der Waals surface area contributed by atoms with Gasteiger partial charge in [-0.3, -0.25) is 4.40 Å². The van der Waals surface area contributed by atoms with Gasteiger partial charge in [0, 0.05) is 17.3 Å². The lowest BCUT2D eigenvalue weighted by Crippen LogP contribution is -2.15. The van der Waals surface area contributed by atoms with Crippen molar-refractivity contribution in [2.45, 2.75) is 32.6 Å². The summed E-state index contributed by atoms with van der Waals surface area (Å²) in [6.45, 7) is 4.65. The van der Waals surface area contributed by atoms with Gasteiger partial charge < -0.3 is 0 Å². The third-order valence-corrected chi connectivity index (χ3v) is 3.90. The lowest BCUT2D eigenvalue weighted by atomic mass is 9.84. The smallest absolute Gasteiger partial charge is 0.194 e. The van der Waals surface area contributed by atoms with Gasteiger partial charge >= 0.3 is 0 Å². The lowest BCUT2D eigenvalue weighted by molar-refractivity contribution is 0.437. The van der Waals surface area contributed by atoms with Crippen molar-refractivity contribution in [3.63, 3.8) is 0 Å². The largest absolute Gasteiger partial charge is 0.294 e. The molecule has 0 aromatic carbocycles. The summed E-state index contributed by atoms with van der Waals surface area (Å²) in [5, 5.41) is 2.12. The Labute approximate surface area is 87.6 Å². The zero-order valence-electron chi connectivity index (χ0n) is 8.53. The minimum absolute atomic E-state index is 0.665. The molecule has 0 radical (unpaired) electrons. The number of hydrogen-bond donors (Lipinski definition) is 0. The molecule has 14 heavy (non-hydrogen) atoms. The minimum atomic E-state index is 0.665. The normalized spacial score (nSPS) is 26.7. The molecule has 0 spiro atoms. The van der Waals surface area contributed by atoms with E-state index in [-0.39, 0.29) is 0 Å². The molecule has 3 rings (SSSR count). The van der Waals surface area contributed by atoms with Crippen LogP contribution in [0, 0.1) is 5.92 Å². The zero-order valence-corrected chi connectivity index (χ0v) is 9.34. The van der Waals surface area contributed by atoms with E-state index in [0.717, 1.165) is 17.3 Å². The highest BCUT2D eigenvalue weighted by molar-refractivity contribution is 7.15. The van der Waals surface area contributed by atoms with Crippen LogP contribution in [0.1, 0.15) is 37.6 Å². The van der Waals surface area contributed by atoms with Gasteiger partial charge in [0.25, 0.3) is 0 Å². The van der Waals surface area contributed by atoms with E-state index < -0.39 is 0 Å². The van der Waals surface area contributed by atoms with Crippen LogP contribution in [0.4, 0.5) is 0 Å². The third-order valence-electron chi connectivity index (χ3n) is 3.14. The van der Waals surface area contributed by atoms with E-state index >= 15 is 0 Å². The van der Waals surface area contributed by atoms with Crippen LogP contribution in [0.25, 0.3) is 4.96 Å². The number of aromatic nitrogens is 2. The molecule has 2 unspecified atom stereocenters. The van der Waals surface area contributed by atoms with E-state index in [4.69, 9.17) is 4.98 Å². The van der Waals surface area contributed by atoms with Gasteiger partial charge in [-0.1, -0.05) is 13.8 Å². The Morgan fingerprint density at radius 1 is 1.50 bits per heavy atom. The number of hydrogen-bond acceptors (Lipinski definition) is 2. The second-order valence-electron chi connectivity index (χ2n) is 4.45. The van der Waals surface area contributed by atoms with Crippen LogP contribution >= 0.6 is 11.3 Å². The molecule has 2 aromatic heterocycles. The lowest BCUT2D eigenvalue weighted by Gasteiger charge is -2.23. The van der Waals surface area contributed by atoms with Crippen molar-refractivity contribution in [2.24, 2.45) is 5.92 Å². The Bertz CT molecular complexity index is 469. The van der Waals surface area contributed by atoms with E-state index in [1.807, 2.05) is 0 Å². The van der Waals surface area contributed by atoms with Crippen molar-refractivity contribution < 1.29 is 0 Å². The molecule has 2 heterocycles. The number of imidazole rings is 1. The highest BCUT2D eigenvalue weighted by atomic mass is 32.1. The van der Waals surface area contributed by atoms with E-state index in [1.54, 1.807) is 11.3 Å². The summed E-state index contributed by atoms with van der Waals surface area (Å²) in [5.41, 5.74) is 2.79. The van der Waals surface area contributed by atoms with Crippen molar-refractivity contribution in [1.82, 2.24) is 9.38 Å². The molecule has 2 atom stereocenters. The van der Waals surface area contributed by atoms with Crippen LogP contribution in [0.2, 0.25) is 0 Å². The van der Waals surface area contributed by atoms with E-state index in [9.17, 15) is 0 Å². The van der Waals surface area contributed by atoms with E-state index in [1.165, 1.54) is 17.8 Å². The molecular formula is C11H14N2S. The van der Waals surface area contributed by atoms with Crippen molar-refractivity contribution in [3.05, 3.63) is 23.0 Å². The second-order valence-corrected chi connectivity index (χ2v) is 5.32. The third kappa shape index (κ3) is 1.05. The Kier molecular flexibility index (Phi) is 1.71. The highest BCUT2D eigenvalue weighted by Crippen LogP contribution is 2.35. The van der Waals surface area contributed by atoms with Crippen molar-refractivity contribution in [2.75, 3.05) is 0 Å². The number of rotatable bonds is 0. The van der Waals surface area contributed by atoms with Gasteiger partial charge in [0.1, 0.15) is 0 Å². The molecule has 74 valence electrons. The molecule has 0 saturated heterocycles. The topological polar surface area (TPSA) is 17.3 Å². The molecule has 0 amide bonds.